The zero-order chi connectivity index (χ0) is 23.8. The maximum Gasteiger partial charge on any atom is 0.416 e. The lowest BCUT2D eigenvalue weighted by atomic mass is 10.0. The van der Waals surface area contributed by atoms with Crippen molar-refractivity contribution in [2.75, 3.05) is 11.0 Å². The first kappa shape index (κ1) is 23.9. The van der Waals surface area contributed by atoms with Crippen LogP contribution in [0.25, 0.3) is 0 Å². The van der Waals surface area contributed by atoms with E-state index in [1.54, 1.807) is 30.7 Å². The van der Waals surface area contributed by atoms with Crippen LogP contribution >= 0.6 is 11.6 Å². The van der Waals surface area contributed by atoms with Crippen molar-refractivity contribution in [3.05, 3.63) is 87.2 Å². The van der Waals surface area contributed by atoms with Gasteiger partial charge in [-0.15, -0.1) is 0 Å². The summed E-state index contributed by atoms with van der Waals surface area (Å²) in [4.78, 5) is 13.0. The van der Waals surface area contributed by atoms with E-state index in [1.807, 2.05) is 6.07 Å². The Morgan fingerprint density at radius 1 is 1.09 bits per heavy atom. The van der Waals surface area contributed by atoms with Crippen molar-refractivity contribution < 1.29 is 26.4 Å². The first-order valence-corrected chi connectivity index (χ1v) is 11.7. The predicted octanol–water partition coefficient (Wildman–Crippen LogP) is 5.20. The van der Waals surface area contributed by atoms with Crippen molar-refractivity contribution in [2.45, 2.75) is 19.5 Å². The van der Waals surface area contributed by atoms with Gasteiger partial charge in [0.25, 0.3) is 0 Å². The molecule has 0 radical (unpaired) electrons. The summed E-state index contributed by atoms with van der Waals surface area (Å²) in [5, 5.41) is 0.355. The van der Waals surface area contributed by atoms with Crippen LogP contribution in [0.2, 0.25) is 5.02 Å². The summed E-state index contributed by atoms with van der Waals surface area (Å²) >= 11 is 6.31. The highest BCUT2D eigenvalue weighted by Crippen LogP contribution is 2.30. The molecule has 1 N–H and O–H groups in total. The minimum Gasteiger partial charge on any atom is -0.344 e. The molecule has 0 spiro atoms. The second kappa shape index (κ2) is 8.63. The Bertz CT molecular complexity index is 1280. The average Bonchev–Trinajstić information content (AvgIpc) is 2.95. The summed E-state index contributed by atoms with van der Waals surface area (Å²) in [7, 11) is -1.73. The zero-order valence-electron chi connectivity index (χ0n) is 17.4. The standard InChI is InChI=1S/C22H20ClF3N2O3S/c1-13-10-18(11-15-6-9-17(12-19(15)23)27-32(3,30)31)28(2)20(13)21(29)14-4-7-16(8-5-14)22(24,25)26/h4-10,12,27H,11H2,1-3H3. The van der Waals surface area contributed by atoms with Crippen LogP contribution < -0.4 is 4.72 Å². The number of hydrogen-bond acceptors (Lipinski definition) is 3. The van der Waals surface area contributed by atoms with Gasteiger partial charge in [-0.1, -0.05) is 29.8 Å². The van der Waals surface area contributed by atoms with E-state index in [0.29, 0.717) is 28.4 Å². The Kier molecular flexibility index (Phi) is 6.44. The van der Waals surface area contributed by atoms with Gasteiger partial charge in [-0.2, -0.15) is 13.2 Å². The van der Waals surface area contributed by atoms with Crippen molar-refractivity contribution >= 4 is 33.1 Å². The third-order valence-corrected chi connectivity index (χ3v) is 5.90. The fraction of sp³-hybridized carbons (Fsp3) is 0.227. The van der Waals surface area contributed by atoms with E-state index in [0.717, 1.165) is 29.6 Å². The van der Waals surface area contributed by atoms with Crippen LogP contribution in [0.4, 0.5) is 18.9 Å². The number of hydrogen-bond donors (Lipinski definition) is 1. The van der Waals surface area contributed by atoms with E-state index in [-0.39, 0.29) is 11.3 Å². The minimum atomic E-state index is -4.47. The molecule has 0 aliphatic rings. The number of carbonyl (C=O) groups is 1. The lowest BCUT2D eigenvalue weighted by molar-refractivity contribution is -0.137. The van der Waals surface area contributed by atoms with Crippen LogP contribution in [-0.4, -0.2) is 25.0 Å². The van der Waals surface area contributed by atoms with Crippen molar-refractivity contribution in [2.24, 2.45) is 7.05 Å². The first-order chi connectivity index (χ1) is 14.8. The average molecular weight is 485 g/mol. The highest BCUT2D eigenvalue weighted by atomic mass is 35.5. The highest BCUT2D eigenvalue weighted by Gasteiger charge is 2.30. The summed E-state index contributed by atoms with van der Waals surface area (Å²) in [5.74, 6) is -0.385. The van der Waals surface area contributed by atoms with Gasteiger partial charge in [0, 0.05) is 35.4 Å². The molecule has 10 heteroatoms. The maximum atomic E-state index is 13.0. The smallest absolute Gasteiger partial charge is 0.344 e. The number of aryl methyl sites for hydroxylation is 1. The summed E-state index contributed by atoms with van der Waals surface area (Å²) in [6.07, 6.45) is -3.06. The molecule has 3 rings (SSSR count). The molecule has 0 unspecified atom stereocenters. The van der Waals surface area contributed by atoms with Crippen LogP contribution in [-0.2, 0) is 29.7 Å². The third-order valence-electron chi connectivity index (χ3n) is 4.94. The van der Waals surface area contributed by atoms with E-state index in [2.05, 4.69) is 4.72 Å². The Morgan fingerprint density at radius 2 is 1.72 bits per heavy atom. The number of sulfonamides is 1. The molecule has 5 nitrogen and oxygen atoms in total. The molecule has 0 fully saturated rings. The molecular formula is C22H20ClF3N2O3S. The van der Waals surface area contributed by atoms with Crippen LogP contribution in [0.5, 0.6) is 0 Å². The Labute approximate surface area is 188 Å². The molecule has 170 valence electrons. The highest BCUT2D eigenvalue weighted by molar-refractivity contribution is 7.92. The molecule has 0 saturated carbocycles. The molecule has 2 aromatic carbocycles. The van der Waals surface area contributed by atoms with Gasteiger partial charge in [-0.25, -0.2) is 8.42 Å². The summed E-state index contributed by atoms with van der Waals surface area (Å²) in [6.45, 7) is 1.75. The molecule has 32 heavy (non-hydrogen) atoms. The number of alkyl halides is 3. The molecule has 0 aliphatic carbocycles. The summed E-state index contributed by atoms with van der Waals surface area (Å²) in [5.41, 5.74) is 2.21. The van der Waals surface area contributed by atoms with Crippen LogP contribution in [0.1, 0.15) is 38.4 Å². The van der Waals surface area contributed by atoms with E-state index >= 15 is 0 Å². The number of ketones is 1. The van der Waals surface area contributed by atoms with Gasteiger partial charge in [0.1, 0.15) is 0 Å². The molecular weight excluding hydrogens is 465 g/mol. The second-order valence-corrected chi connectivity index (χ2v) is 9.64. The van der Waals surface area contributed by atoms with E-state index in [1.165, 1.54) is 18.2 Å². The van der Waals surface area contributed by atoms with Gasteiger partial charge in [0.05, 0.1) is 17.5 Å². The first-order valence-electron chi connectivity index (χ1n) is 9.39. The summed E-state index contributed by atoms with van der Waals surface area (Å²) < 4.78 is 65.2. The Morgan fingerprint density at radius 3 is 2.25 bits per heavy atom. The number of nitrogens with one attached hydrogen (secondary N) is 1. The van der Waals surface area contributed by atoms with E-state index in [4.69, 9.17) is 11.6 Å². The minimum absolute atomic E-state index is 0.156. The van der Waals surface area contributed by atoms with Crippen molar-refractivity contribution in [3.8, 4) is 0 Å². The van der Waals surface area contributed by atoms with Gasteiger partial charge in [-0.05, 0) is 48.4 Å². The summed E-state index contributed by atoms with van der Waals surface area (Å²) in [6, 6.07) is 10.7. The van der Waals surface area contributed by atoms with Gasteiger partial charge < -0.3 is 4.57 Å². The van der Waals surface area contributed by atoms with Crippen molar-refractivity contribution in [1.29, 1.82) is 0 Å². The SMILES string of the molecule is Cc1cc(Cc2ccc(NS(C)(=O)=O)cc2Cl)n(C)c1C(=O)c1ccc(C(F)(F)F)cc1. The van der Waals surface area contributed by atoms with Gasteiger partial charge in [-0.3, -0.25) is 9.52 Å². The number of halogens is 4. The number of nitrogens with zero attached hydrogens (tertiary/aromatic N) is 1. The Balaban J connectivity index is 1.87. The quantitative estimate of drug-likeness (QED) is 0.489. The van der Waals surface area contributed by atoms with Crippen LogP contribution in [0, 0.1) is 6.92 Å². The second-order valence-electron chi connectivity index (χ2n) is 7.49. The molecule has 0 atom stereocenters. The maximum absolute atomic E-state index is 13.0. The van der Waals surface area contributed by atoms with Crippen molar-refractivity contribution in [1.82, 2.24) is 4.57 Å². The molecule has 3 aromatic rings. The number of carbonyl (C=O) groups excluding carboxylic acids is 1. The lowest BCUT2D eigenvalue weighted by Crippen LogP contribution is -2.12. The largest absolute Gasteiger partial charge is 0.416 e. The normalized spacial score (nSPS) is 12.1. The van der Waals surface area contributed by atoms with Gasteiger partial charge in [0.2, 0.25) is 15.8 Å². The lowest BCUT2D eigenvalue weighted by Gasteiger charge is -2.11. The fourth-order valence-electron chi connectivity index (χ4n) is 3.43. The molecule has 1 aromatic heterocycles. The molecule has 1 heterocycles. The molecule has 0 aliphatic heterocycles. The number of aromatic nitrogens is 1. The monoisotopic (exact) mass is 484 g/mol. The predicted molar refractivity (Wildman–Crippen MR) is 118 cm³/mol. The van der Waals surface area contributed by atoms with Crippen molar-refractivity contribution in [3.63, 3.8) is 0 Å². The van der Waals surface area contributed by atoms with Gasteiger partial charge >= 0.3 is 6.18 Å². The fourth-order valence-corrected chi connectivity index (χ4v) is 4.24. The third kappa shape index (κ3) is 5.34. The molecule has 0 saturated heterocycles. The zero-order valence-corrected chi connectivity index (χ0v) is 19.0. The van der Waals surface area contributed by atoms with E-state index in [9.17, 15) is 26.4 Å². The number of rotatable bonds is 6. The number of benzene rings is 2. The van der Waals surface area contributed by atoms with Gasteiger partial charge in [0.15, 0.2) is 0 Å². The Hall–Kier alpha value is -2.78. The van der Waals surface area contributed by atoms with Crippen LogP contribution in [0.3, 0.4) is 0 Å². The van der Waals surface area contributed by atoms with E-state index < -0.39 is 21.8 Å². The van der Waals surface area contributed by atoms with Crippen LogP contribution in [0.15, 0.2) is 48.5 Å². The number of anilines is 1. The molecule has 0 amide bonds. The molecule has 0 bridgehead atoms. The topological polar surface area (TPSA) is 68.2 Å².